The molecule has 13 heavy (non-hydrogen) atoms. The fourth-order valence-corrected chi connectivity index (χ4v) is 1.32. The Kier molecular flexibility index (Phi) is 2.71. The average molecular weight is 177 g/mol. The summed E-state index contributed by atoms with van der Waals surface area (Å²) in [6, 6.07) is 5.77. The van der Waals surface area contributed by atoms with Crippen molar-refractivity contribution in [3.05, 3.63) is 34.9 Å². The Morgan fingerprint density at radius 2 is 2.00 bits per heavy atom. The van der Waals surface area contributed by atoms with Gasteiger partial charge in [0.2, 0.25) is 5.91 Å². The van der Waals surface area contributed by atoms with E-state index in [0.29, 0.717) is 11.5 Å². The van der Waals surface area contributed by atoms with Gasteiger partial charge in [-0.3, -0.25) is 4.79 Å². The second-order valence-electron chi connectivity index (χ2n) is 3.59. The van der Waals surface area contributed by atoms with Crippen LogP contribution in [0.15, 0.2) is 18.2 Å². The standard InChI is InChI=1S/C11H15NO/c1-7(2)9-4-5-10(11(12)13)8(3)6-9/h4-7H,1-3H3,(H2,12,13). The third-order valence-corrected chi connectivity index (χ3v) is 2.18. The summed E-state index contributed by atoms with van der Waals surface area (Å²) in [6.45, 7) is 6.16. The van der Waals surface area contributed by atoms with E-state index >= 15 is 0 Å². The van der Waals surface area contributed by atoms with E-state index in [1.54, 1.807) is 6.07 Å². The van der Waals surface area contributed by atoms with Crippen molar-refractivity contribution < 1.29 is 4.79 Å². The number of aryl methyl sites for hydroxylation is 1. The molecular weight excluding hydrogens is 162 g/mol. The minimum atomic E-state index is -0.354. The second-order valence-corrected chi connectivity index (χ2v) is 3.59. The lowest BCUT2D eigenvalue weighted by molar-refractivity contribution is 0.0999. The summed E-state index contributed by atoms with van der Waals surface area (Å²) in [7, 11) is 0. The molecule has 1 aromatic rings. The highest BCUT2D eigenvalue weighted by molar-refractivity contribution is 5.94. The molecule has 0 fully saturated rings. The van der Waals surface area contributed by atoms with E-state index < -0.39 is 0 Å². The molecule has 70 valence electrons. The Morgan fingerprint density at radius 1 is 1.38 bits per heavy atom. The van der Waals surface area contributed by atoms with Crippen LogP contribution in [0.3, 0.4) is 0 Å². The molecule has 2 nitrogen and oxygen atoms in total. The van der Waals surface area contributed by atoms with Gasteiger partial charge in [0.1, 0.15) is 0 Å². The number of hydrogen-bond donors (Lipinski definition) is 1. The van der Waals surface area contributed by atoms with Crippen molar-refractivity contribution in [2.75, 3.05) is 0 Å². The molecule has 0 atom stereocenters. The highest BCUT2D eigenvalue weighted by atomic mass is 16.1. The Balaban J connectivity index is 3.13. The van der Waals surface area contributed by atoms with E-state index in [1.807, 2.05) is 19.1 Å². The Bertz CT molecular complexity index is 329. The summed E-state index contributed by atoms with van der Waals surface area (Å²) in [5, 5.41) is 0. The number of carbonyl (C=O) groups is 1. The van der Waals surface area contributed by atoms with Gasteiger partial charge in [0, 0.05) is 5.56 Å². The largest absolute Gasteiger partial charge is 0.366 e. The van der Waals surface area contributed by atoms with Crippen molar-refractivity contribution in [3.8, 4) is 0 Å². The maximum absolute atomic E-state index is 10.9. The molecule has 2 N–H and O–H groups in total. The first-order valence-corrected chi connectivity index (χ1v) is 4.42. The average Bonchev–Trinajstić information content (AvgIpc) is 2.03. The fraction of sp³-hybridized carbons (Fsp3) is 0.364. The van der Waals surface area contributed by atoms with E-state index in [-0.39, 0.29) is 5.91 Å². The minimum absolute atomic E-state index is 0.354. The van der Waals surface area contributed by atoms with Crippen LogP contribution in [0, 0.1) is 6.92 Å². The van der Waals surface area contributed by atoms with E-state index in [2.05, 4.69) is 13.8 Å². The van der Waals surface area contributed by atoms with Crippen LogP contribution in [-0.4, -0.2) is 5.91 Å². The number of amides is 1. The molecule has 0 bridgehead atoms. The molecule has 1 rings (SSSR count). The normalized spacial score (nSPS) is 10.5. The molecule has 0 saturated heterocycles. The summed E-state index contributed by atoms with van der Waals surface area (Å²) >= 11 is 0. The SMILES string of the molecule is Cc1cc(C(C)C)ccc1C(N)=O. The molecule has 0 heterocycles. The van der Waals surface area contributed by atoms with E-state index in [1.165, 1.54) is 5.56 Å². The Labute approximate surface area is 78.8 Å². The number of nitrogens with two attached hydrogens (primary N) is 1. The number of benzene rings is 1. The van der Waals surface area contributed by atoms with Crippen molar-refractivity contribution in [1.82, 2.24) is 0 Å². The van der Waals surface area contributed by atoms with Crippen LogP contribution in [0.4, 0.5) is 0 Å². The first kappa shape index (κ1) is 9.78. The maximum atomic E-state index is 10.9. The smallest absolute Gasteiger partial charge is 0.248 e. The number of hydrogen-bond acceptors (Lipinski definition) is 1. The van der Waals surface area contributed by atoms with Gasteiger partial charge in [-0.05, 0) is 30.0 Å². The molecule has 0 saturated carbocycles. The number of primary amides is 1. The van der Waals surface area contributed by atoms with Crippen LogP contribution in [0.5, 0.6) is 0 Å². The molecule has 0 aromatic heterocycles. The van der Waals surface area contributed by atoms with Gasteiger partial charge >= 0.3 is 0 Å². The topological polar surface area (TPSA) is 43.1 Å². The van der Waals surface area contributed by atoms with Crippen LogP contribution in [-0.2, 0) is 0 Å². The van der Waals surface area contributed by atoms with Gasteiger partial charge in [0.05, 0.1) is 0 Å². The zero-order chi connectivity index (χ0) is 10.0. The lowest BCUT2D eigenvalue weighted by atomic mass is 9.98. The zero-order valence-electron chi connectivity index (χ0n) is 8.29. The summed E-state index contributed by atoms with van der Waals surface area (Å²) in [4.78, 5) is 10.9. The van der Waals surface area contributed by atoms with Gasteiger partial charge < -0.3 is 5.73 Å². The number of rotatable bonds is 2. The van der Waals surface area contributed by atoms with Crippen molar-refractivity contribution >= 4 is 5.91 Å². The second kappa shape index (κ2) is 3.60. The van der Waals surface area contributed by atoms with Crippen LogP contribution in [0.2, 0.25) is 0 Å². The van der Waals surface area contributed by atoms with Crippen molar-refractivity contribution in [3.63, 3.8) is 0 Å². The molecule has 0 unspecified atom stereocenters. The molecule has 0 aliphatic rings. The van der Waals surface area contributed by atoms with Gasteiger partial charge in [-0.1, -0.05) is 26.0 Å². The highest BCUT2D eigenvalue weighted by Gasteiger charge is 2.06. The molecule has 1 aromatic carbocycles. The van der Waals surface area contributed by atoms with Gasteiger partial charge in [0.25, 0.3) is 0 Å². The monoisotopic (exact) mass is 177 g/mol. The lowest BCUT2D eigenvalue weighted by Crippen LogP contribution is -2.12. The number of carbonyl (C=O) groups excluding carboxylic acids is 1. The van der Waals surface area contributed by atoms with Crippen LogP contribution in [0.25, 0.3) is 0 Å². The van der Waals surface area contributed by atoms with Crippen LogP contribution in [0.1, 0.15) is 41.3 Å². The van der Waals surface area contributed by atoms with Crippen molar-refractivity contribution in [2.24, 2.45) is 5.73 Å². The predicted octanol–water partition coefficient (Wildman–Crippen LogP) is 2.22. The van der Waals surface area contributed by atoms with E-state index in [9.17, 15) is 4.79 Å². The van der Waals surface area contributed by atoms with Gasteiger partial charge in [0.15, 0.2) is 0 Å². The van der Waals surface area contributed by atoms with Crippen LogP contribution < -0.4 is 5.73 Å². The third kappa shape index (κ3) is 2.08. The minimum Gasteiger partial charge on any atom is -0.366 e. The Hall–Kier alpha value is -1.31. The predicted molar refractivity (Wildman–Crippen MR) is 53.8 cm³/mol. The van der Waals surface area contributed by atoms with Gasteiger partial charge in [-0.2, -0.15) is 0 Å². The van der Waals surface area contributed by atoms with Crippen LogP contribution >= 0.6 is 0 Å². The van der Waals surface area contributed by atoms with Gasteiger partial charge in [-0.25, -0.2) is 0 Å². The van der Waals surface area contributed by atoms with Crippen molar-refractivity contribution in [1.29, 1.82) is 0 Å². The first-order valence-electron chi connectivity index (χ1n) is 4.42. The molecular formula is C11H15NO. The summed E-state index contributed by atoms with van der Waals surface area (Å²) < 4.78 is 0. The molecule has 0 radical (unpaired) electrons. The maximum Gasteiger partial charge on any atom is 0.248 e. The summed E-state index contributed by atoms with van der Waals surface area (Å²) in [6.07, 6.45) is 0. The quantitative estimate of drug-likeness (QED) is 0.739. The molecule has 0 aliphatic heterocycles. The Morgan fingerprint density at radius 3 is 2.38 bits per heavy atom. The first-order chi connectivity index (χ1) is 6.02. The van der Waals surface area contributed by atoms with E-state index in [0.717, 1.165) is 5.56 Å². The summed E-state index contributed by atoms with van der Waals surface area (Å²) in [5.41, 5.74) is 8.01. The molecule has 1 amide bonds. The third-order valence-electron chi connectivity index (χ3n) is 2.18. The van der Waals surface area contributed by atoms with E-state index in [4.69, 9.17) is 5.73 Å². The molecule has 0 aliphatic carbocycles. The fourth-order valence-electron chi connectivity index (χ4n) is 1.32. The lowest BCUT2D eigenvalue weighted by Gasteiger charge is -2.08. The molecule has 0 spiro atoms. The van der Waals surface area contributed by atoms with Gasteiger partial charge in [-0.15, -0.1) is 0 Å². The zero-order valence-corrected chi connectivity index (χ0v) is 8.29. The molecule has 2 heteroatoms. The summed E-state index contributed by atoms with van der Waals surface area (Å²) in [5.74, 6) is 0.133. The van der Waals surface area contributed by atoms with Crippen molar-refractivity contribution in [2.45, 2.75) is 26.7 Å². The highest BCUT2D eigenvalue weighted by Crippen LogP contribution is 2.17.